The van der Waals surface area contributed by atoms with Crippen LogP contribution < -0.4 is 20.9 Å². The summed E-state index contributed by atoms with van der Waals surface area (Å²) in [4.78, 5) is 39.1. The van der Waals surface area contributed by atoms with Gasteiger partial charge in [-0.3, -0.25) is 30.6 Å². The molecule has 3 rings (SSSR count). The van der Waals surface area contributed by atoms with Crippen molar-refractivity contribution >= 4 is 35.1 Å². The summed E-state index contributed by atoms with van der Waals surface area (Å²) in [5.41, 5.74) is 6.31. The van der Waals surface area contributed by atoms with Crippen LogP contribution in [0.15, 0.2) is 54.6 Å². The molecule has 2 aromatic carbocycles. The lowest BCUT2D eigenvalue weighted by Crippen LogP contribution is -2.50. The van der Waals surface area contributed by atoms with E-state index in [2.05, 4.69) is 16.2 Å². The molecule has 9 nitrogen and oxygen atoms in total. The number of hydrogen-bond acceptors (Lipinski definition) is 6. The number of thiocarbonyl (C=S) groups is 1. The highest BCUT2D eigenvalue weighted by Crippen LogP contribution is 2.20. The Hall–Kier alpha value is -3.50. The summed E-state index contributed by atoms with van der Waals surface area (Å²) in [5, 5.41) is 2.44. The quantitative estimate of drug-likeness (QED) is 0.283. The first-order valence-corrected chi connectivity index (χ1v) is 11.4. The summed E-state index contributed by atoms with van der Waals surface area (Å²) in [6.45, 7) is 3.95. The maximum Gasteiger partial charge on any atom is 0.261 e. The van der Waals surface area contributed by atoms with Crippen molar-refractivity contribution in [3.8, 4) is 5.75 Å². The number of nitrogens with one attached hydrogen (secondary N) is 3. The fourth-order valence-electron chi connectivity index (χ4n) is 3.46. The van der Waals surface area contributed by atoms with E-state index in [9.17, 15) is 14.4 Å². The molecule has 1 saturated heterocycles. The van der Waals surface area contributed by atoms with Gasteiger partial charge in [-0.15, -0.1) is 0 Å². The molecule has 1 unspecified atom stereocenters. The molecular formula is C24H28N4O5S. The van der Waals surface area contributed by atoms with Gasteiger partial charge in [-0.1, -0.05) is 42.5 Å². The fraction of sp³-hybridized carbons (Fsp3) is 0.333. The molecule has 1 heterocycles. The number of hydrazine groups is 1. The van der Waals surface area contributed by atoms with Crippen LogP contribution >= 0.6 is 12.2 Å². The minimum atomic E-state index is -0.512. The summed E-state index contributed by atoms with van der Waals surface area (Å²) >= 11 is 5.13. The van der Waals surface area contributed by atoms with Crippen molar-refractivity contribution in [1.29, 1.82) is 0 Å². The van der Waals surface area contributed by atoms with Gasteiger partial charge in [-0.25, -0.2) is 0 Å². The van der Waals surface area contributed by atoms with E-state index in [1.807, 2.05) is 37.3 Å². The van der Waals surface area contributed by atoms with Gasteiger partial charge < -0.3 is 14.4 Å². The smallest absolute Gasteiger partial charge is 0.261 e. The molecule has 1 aliphatic rings. The number of carbonyl (C=O) groups excluding carboxylic acids is 3. The zero-order chi connectivity index (χ0) is 24.3. The largest absolute Gasteiger partial charge is 0.490 e. The number of likely N-dealkylation sites (tertiary alicyclic amines) is 1. The van der Waals surface area contributed by atoms with Crippen LogP contribution in [-0.4, -0.2) is 54.1 Å². The summed E-state index contributed by atoms with van der Waals surface area (Å²) in [7, 11) is 0. The molecule has 0 spiro atoms. The monoisotopic (exact) mass is 484 g/mol. The van der Waals surface area contributed by atoms with Crippen LogP contribution in [0.5, 0.6) is 5.75 Å². The third-order valence-electron chi connectivity index (χ3n) is 5.15. The van der Waals surface area contributed by atoms with Crippen LogP contribution in [-0.2, 0) is 20.9 Å². The van der Waals surface area contributed by atoms with Gasteiger partial charge in [-0.05, 0) is 36.8 Å². The maximum absolute atomic E-state index is 12.6. The van der Waals surface area contributed by atoms with Crippen LogP contribution in [0.3, 0.4) is 0 Å². The number of hydrogen-bond donors (Lipinski definition) is 3. The van der Waals surface area contributed by atoms with Gasteiger partial charge in [0.05, 0.1) is 18.1 Å². The lowest BCUT2D eigenvalue weighted by molar-refractivity contribution is -0.129. The van der Waals surface area contributed by atoms with Crippen LogP contribution in [0.2, 0.25) is 0 Å². The SMILES string of the molecule is CCOCCOc1ccccc1C(=O)NC(=S)NNC(=O)C1CC(=O)N(Cc2ccccc2)C1. The van der Waals surface area contributed by atoms with Gasteiger partial charge in [0.2, 0.25) is 11.8 Å². The van der Waals surface area contributed by atoms with Crippen LogP contribution in [0.4, 0.5) is 0 Å². The second kappa shape index (κ2) is 12.7. The van der Waals surface area contributed by atoms with E-state index in [1.54, 1.807) is 29.2 Å². The average Bonchev–Trinajstić information content (AvgIpc) is 3.21. The molecule has 0 aliphatic carbocycles. The highest BCUT2D eigenvalue weighted by molar-refractivity contribution is 7.80. The third-order valence-corrected chi connectivity index (χ3v) is 5.35. The van der Waals surface area contributed by atoms with E-state index in [4.69, 9.17) is 21.7 Å². The summed E-state index contributed by atoms with van der Waals surface area (Å²) in [6.07, 6.45) is 0.117. The molecule has 10 heteroatoms. The number of rotatable bonds is 9. The van der Waals surface area contributed by atoms with Crippen molar-refractivity contribution in [2.75, 3.05) is 26.4 Å². The second-order valence-electron chi connectivity index (χ2n) is 7.60. The predicted octanol–water partition coefficient (Wildman–Crippen LogP) is 1.79. The molecule has 34 heavy (non-hydrogen) atoms. The normalized spacial score (nSPS) is 15.0. The summed E-state index contributed by atoms with van der Waals surface area (Å²) in [5.74, 6) is -1.05. The Morgan fingerprint density at radius 1 is 1.06 bits per heavy atom. The lowest BCUT2D eigenvalue weighted by atomic mass is 10.1. The van der Waals surface area contributed by atoms with Gasteiger partial charge in [0.15, 0.2) is 5.11 Å². The molecule has 0 bridgehead atoms. The highest BCUT2D eigenvalue weighted by Gasteiger charge is 2.34. The number of amides is 3. The van der Waals surface area contributed by atoms with Crippen LogP contribution in [0.25, 0.3) is 0 Å². The Balaban J connectivity index is 1.45. The molecule has 0 saturated carbocycles. The van der Waals surface area contributed by atoms with Crippen molar-refractivity contribution in [2.24, 2.45) is 5.92 Å². The van der Waals surface area contributed by atoms with Crippen LogP contribution in [0, 0.1) is 5.92 Å². The topological polar surface area (TPSA) is 109 Å². The first-order chi connectivity index (χ1) is 16.5. The Bertz CT molecular complexity index is 1020. The van der Waals surface area contributed by atoms with Crippen molar-refractivity contribution in [3.63, 3.8) is 0 Å². The van der Waals surface area contributed by atoms with Gasteiger partial charge in [0, 0.05) is 26.1 Å². The third kappa shape index (κ3) is 7.26. The van der Waals surface area contributed by atoms with E-state index < -0.39 is 11.8 Å². The van der Waals surface area contributed by atoms with Gasteiger partial charge >= 0.3 is 0 Å². The van der Waals surface area contributed by atoms with E-state index in [-0.39, 0.29) is 23.3 Å². The summed E-state index contributed by atoms with van der Waals surface area (Å²) < 4.78 is 10.9. The van der Waals surface area contributed by atoms with E-state index >= 15 is 0 Å². The lowest BCUT2D eigenvalue weighted by Gasteiger charge is -2.17. The first-order valence-electron chi connectivity index (χ1n) is 11.0. The molecule has 180 valence electrons. The fourth-order valence-corrected chi connectivity index (χ4v) is 3.61. The Morgan fingerprint density at radius 3 is 2.56 bits per heavy atom. The molecule has 3 N–H and O–H groups in total. The minimum Gasteiger partial charge on any atom is -0.490 e. The van der Waals surface area contributed by atoms with Gasteiger partial charge in [-0.2, -0.15) is 0 Å². The van der Waals surface area contributed by atoms with E-state index in [0.717, 1.165) is 5.56 Å². The number of para-hydroxylation sites is 1. The Kier molecular flexibility index (Phi) is 9.36. The molecule has 2 aromatic rings. The molecule has 1 atom stereocenters. The van der Waals surface area contributed by atoms with Crippen molar-refractivity contribution < 1.29 is 23.9 Å². The number of ether oxygens (including phenoxy) is 2. The predicted molar refractivity (Wildman–Crippen MR) is 130 cm³/mol. The van der Waals surface area contributed by atoms with Crippen LogP contribution in [0.1, 0.15) is 29.3 Å². The first kappa shape index (κ1) is 25.1. The maximum atomic E-state index is 12.6. The molecular weight excluding hydrogens is 456 g/mol. The molecule has 3 amide bonds. The van der Waals surface area contributed by atoms with Crippen molar-refractivity contribution in [2.45, 2.75) is 19.9 Å². The molecule has 0 aromatic heterocycles. The van der Waals surface area contributed by atoms with E-state index in [0.29, 0.717) is 44.2 Å². The molecule has 1 fully saturated rings. The van der Waals surface area contributed by atoms with Gasteiger partial charge in [0.1, 0.15) is 12.4 Å². The highest BCUT2D eigenvalue weighted by atomic mass is 32.1. The van der Waals surface area contributed by atoms with Crippen molar-refractivity contribution in [1.82, 2.24) is 21.1 Å². The zero-order valence-corrected chi connectivity index (χ0v) is 19.7. The summed E-state index contributed by atoms with van der Waals surface area (Å²) in [6, 6.07) is 16.4. The second-order valence-corrected chi connectivity index (χ2v) is 8.01. The van der Waals surface area contributed by atoms with Gasteiger partial charge in [0.25, 0.3) is 5.91 Å². The average molecular weight is 485 g/mol. The van der Waals surface area contributed by atoms with E-state index in [1.165, 1.54) is 0 Å². The number of nitrogens with zero attached hydrogens (tertiary/aromatic N) is 1. The number of carbonyl (C=O) groups is 3. The Morgan fingerprint density at radius 2 is 1.79 bits per heavy atom. The standard InChI is InChI=1S/C24H28N4O5S/c1-2-32-12-13-33-20-11-7-6-10-19(20)23(31)25-24(34)27-26-22(30)18-14-21(29)28(16-18)15-17-8-4-3-5-9-17/h3-11,18H,2,12-16H2,1H3,(H,26,30)(H2,25,27,31,34). The van der Waals surface area contributed by atoms with Crippen molar-refractivity contribution in [3.05, 3.63) is 65.7 Å². The minimum absolute atomic E-state index is 0.0760. The molecule has 0 radical (unpaired) electrons. The molecule has 1 aliphatic heterocycles. The Labute approximate surface area is 203 Å². The zero-order valence-electron chi connectivity index (χ0n) is 18.9. The number of benzene rings is 2.